The number of urea groups is 1. The van der Waals surface area contributed by atoms with Crippen LogP contribution in [0.1, 0.15) is 50.0 Å². The number of aromatic nitrogens is 1. The van der Waals surface area contributed by atoms with Gasteiger partial charge >= 0.3 is 6.03 Å². The third kappa shape index (κ3) is 4.15. The Morgan fingerprint density at radius 1 is 1.03 bits per heavy atom. The number of nitrogens with one attached hydrogen (secondary N) is 2. The van der Waals surface area contributed by atoms with Crippen LogP contribution in [0, 0.1) is 0 Å². The average Bonchev–Trinajstić information content (AvgIpc) is 3.12. The van der Waals surface area contributed by atoms with E-state index < -0.39 is 6.03 Å². The van der Waals surface area contributed by atoms with E-state index in [1.54, 1.807) is 24.3 Å². The van der Waals surface area contributed by atoms with Gasteiger partial charge in [-0.15, -0.1) is 0 Å². The molecule has 3 heterocycles. The van der Waals surface area contributed by atoms with Crippen molar-refractivity contribution in [2.45, 2.75) is 50.5 Å². The zero-order valence-electron chi connectivity index (χ0n) is 18.3. The standard InChI is InChI=1S/C26H30N4O2/c31-18-30(22-7-2-1-3-8-22)26(32)28-20-10-12-25-23(16-20)24(17-27-25)19-9-11-21-6-4-5-14-29(21)15-13-19/h1-3,7-8,10,12,16-19,21,27H,4-6,9,11,13-15H2,(H,28,32). The van der Waals surface area contributed by atoms with Crippen LogP contribution < -0.4 is 10.2 Å². The van der Waals surface area contributed by atoms with Crippen molar-refractivity contribution < 1.29 is 9.59 Å². The van der Waals surface area contributed by atoms with Crippen LogP contribution >= 0.6 is 0 Å². The average molecular weight is 431 g/mol. The maximum atomic E-state index is 12.8. The maximum Gasteiger partial charge on any atom is 0.332 e. The lowest BCUT2D eigenvalue weighted by Gasteiger charge is -2.33. The lowest BCUT2D eigenvalue weighted by Crippen LogP contribution is -2.38. The van der Waals surface area contributed by atoms with E-state index in [0.29, 0.717) is 23.7 Å². The summed E-state index contributed by atoms with van der Waals surface area (Å²) in [6.07, 6.45) is 10.4. The minimum Gasteiger partial charge on any atom is -0.361 e. The molecule has 2 fully saturated rings. The lowest BCUT2D eigenvalue weighted by molar-refractivity contribution is -0.106. The van der Waals surface area contributed by atoms with Crippen molar-refractivity contribution in [1.29, 1.82) is 0 Å². The fourth-order valence-electron chi connectivity index (χ4n) is 5.41. The Balaban J connectivity index is 1.36. The third-order valence-electron chi connectivity index (χ3n) is 7.13. The molecule has 2 aromatic carbocycles. The van der Waals surface area contributed by atoms with E-state index in [-0.39, 0.29) is 0 Å². The topological polar surface area (TPSA) is 68.4 Å². The molecule has 0 bridgehead atoms. The number of carbonyl (C=O) groups excluding carboxylic acids is 2. The summed E-state index contributed by atoms with van der Waals surface area (Å²) in [4.78, 5) is 31.5. The summed E-state index contributed by atoms with van der Waals surface area (Å²) in [7, 11) is 0. The number of imide groups is 1. The van der Waals surface area contributed by atoms with E-state index in [9.17, 15) is 9.59 Å². The number of anilines is 2. The summed E-state index contributed by atoms with van der Waals surface area (Å²) in [6.45, 7) is 2.42. The molecule has 2 N–H and O–H groups in total. The summed E-state index contributed by atoms with van der Waals surface area (Å²) in [5.41, 5.74) is 3.65. The SMILES string of the molecule is O=CN(C(=O)Nc1ccc2[nH]cc(C3CCC4CCCCN4CC3)c2c1)c1ccccc1. The first-order valence-electron chi connectivity index (χ1n) is 11.7. The van der Waals surface area contributed by atoms with Crippen molar-refractivity contribution in [3.05, 3.63) is 60.3 Å². The van der Waals surface area contributed by atoms with Gasteiger partial charge in [0.2, 0.25) is 6.41 Å². The van der Waals surface area contributed by atoms with Crippen molar-refractivity contribution in [3.8, 4) is 0 Å². The second-order valence-corrected chi connectivity index (χ2v) is 8.99. The number of piperidine rings is 1. The Labute approximate surface area is 188 Å². The summed E-state index contributed by atoms with van der Waals surface area (Å²) in [5, 5.41) is 4.05. The van der Waals surface area contributed by atoms with Gasteiger partial charge in [0.15, 0.2) is 0 Å². The highest BCUT2D eigenvalue weighted by atomic mass is 16.2. The molecule has 5 rings (SSSR count). The fraction of sp³-hybridized carbons (Fsp3) is 0.385. The van der Waals surface area contributed by atoms with Crippen LogP contribution in [-0.4, -0.2) is 41.5 Å². The van der Waals surface area contributed by atoms with Gasteiger partial charge in [-0.3, -0.25) is 4.79 Å². The Hall–Kier alpha value is -3.12. The first-order chi connectivity index (χ1) is 15.7. The number of rotatable bonds is 4. The van der Waals surface area contributed by atoms with Gasteiger partial charge in [0.1, 0.15) is 0 Å². The Morgan fingerprint density at radius 2 is 1.91 bits per heavy atom. The van der Waals surface area contributed by atoms with Crippen molar-refractivity contribution in [2.24, 2.45) is 0 Å². The zero-order chi connectivity index (χ0) is 21.9. The van der Waals surface area contributed by atoms with Crippen LogP contribution in [0.2, 0.25) is 0 Å². The largest absolute Gasteiger partial charge is 0.361 e. The van der Waals surface area contributed by atoms with Gasteiger partial charge in [0.05, 0.1) is 5.69 Å². The number of carbonyl (C=O) groups is 2. The minimum atomic E-state index is -0.464. The smallest absolute Gasteiger partial charge is 0.332 e. The molecule has 3 amide bonds. The minimum absolute atomic E-state index is 0.464. The fourth-order valence-corrected chi connectivity index (χ4v) is 5.41. The van der Waals surface area contributed by atoms with Gasteiger partial charge in [-0.1, -0.05) is 24.6 Å². The van der Waals surface area contributed by atoms with Crippen LogP contribution in [-0.2, 0) is 4.79 Å². The summed E-state index contributed by atoms with van der Waals surface area (Å²) >= 11 is 0. The van der Waals surface area contributed by atoms with E-state index >= 15 is 0 Å². The molecule has 2 saturated heterocycles. The molecule has 166 valence electrons. The molecule has 3 aromatic rings. The number of benzene rings is 2. The van der Waals surface area contributed by atoms with Gasteiger partial charge < -0.3 is 15.2 Å². The molecule has 2 atom stereocenters. The number of hydrogen-bond acceptors (Lipinski definition) is 3. The van der Waals surface area contributed by atoms with Crippen LogP contribution in [0.5, 0.6) is 0 Å². The first-order valence-corrected chi connectivity index (χ1v) is 11.7. The third-order valence-corrected chi connectivity index (χ3v) is 7.13. The van der Waals surface area contributed by atoms with Gasteiger partial charge in [-0.05, 0) is 87.0 Å². The Morgan fingerprint density at radius 3 is 2.75 bits per heavy atom. The molecule has 2 aliphatic rings. The molecule has 2 unspecified atom stereocenters. The molecule has 6 nitrogen and oxygen atoms in total. The van der Waals surface area contributed by atoms with Crippen LogP contribution in [0.25, 0.3) is 10.9 Å². The molecular weight excluding hydrogens is 400 g/mol. The van der Waals surface area contributed by atoms with E-state index in [1.165, 1.54) is 57.2 Å². The molecule has 6 heteroatoms. The molecule has 1 aromatic heterocycles. The Kier molecular flexibility index (Phi) is 5.95. The number of hydrogen-bond donors (Lipinski definition) is 2. The summed E-state index contributed by atoms with van der Waals surface area (Å²) < 4.78 is 0. The predicted octanol–water partition coefficient (Wildman–Crippen LogP) is 5.48. The summed E-state index contributed by atoms with van der Waals surface area (Å²) in [6, 6.07) is 15.1. The van der Waals surface area contributed by atoms with Gasteiger partial charge in [-0.2, -0.15) is 0 Å². The van der Waals surface area contributed by atoms with E-state index in [1.807, 2.05) is 24.3 Å². The highest BCUT2D eigenvalue weighted by molar-refractivity contribution is 6.12. The zero-order valence-corrected chi connectivity index (χ0v) is 18.3. The van der Waals surface area contributed by atoms with Crippen molar-refractivity contribution >= 4 is 34.7 Å². The molecule has 0 radical (unpaired) electrons. The second-order valence-electron chi connectivity index (χ2n) is 8.99. The predicted molar refractivity (Wildman–Crippen MR) is 128 cm³/mol. The van der Waals surface area contributed by atoms with Crippen molar-refractivity contribution in [3.63, 3.8) is 0 Å². The van der Waals surface area contributed by atoms with Gasteiger partial charge in [0.25, 0.3) is 0 Å². The van der Waals surface area contributed by atoms with Crippen LogP contribution in [0.4, 0.5) is 16.2 Å². The molecule has 32 heavy (non-hydrogen) atoms. The van der Waals surface area contributed by atoms with E-state index in [2.05, 4.69) is 21.4 Å². The van der Waals surface area contributed by atoms with Crippen molar-refractivity contribution in [2.75, 3.05) is 23.3 Å². The first kappa shape index (κ1) is 20.8. The monoisotopic (exact) mass is 430 g/mol. The number of para-hydroxylation sites is 1. The molecule has 0 spiro atoms. The summed E-state index contributed by atoms with van der Waals surface area (Å²) in [5.74, 6) is 0.524. The second kappa shape index (κ2) is 9.17. The molecular formula is C26H30N4O2. The molecule has 0 saturated carbocycles. The van der Waals surface area contributed by atoms with E-state index in [4.69, 9.17) is 0 Å². The van der Waals surface area contributed by atoms with Crippen molar-refractivity contribution in [1.82, 2.24) is 9.88 Å². The Bertz CT molecular complexity index is 1080. The maximum absolute atomic E-state index is 12.8. The number of fused-ring (bicyclic) bond motifs is 2. The van der Waals surface area contributed by atoms with E-state index in [0.717, 1.165) is 21.8 Å². The highest BCUT2D eigenvalue weighted by Crippen LogP contribution is 2.37. The lowest BCUT2D eigenvalue weighted by atomic mass is 9.90. The van der Waals surface area contributed by atoms with Gasteiger partial charge in [0, 0.05) is 28.8 Å². The van der Waals surface area contributed by atoms with Crippen LogP contribution in [0.15, 0.2) is 54.7 Å². The number of nitrogens with zero attached hydrogens (tertiary/aromatic N) is 2. The normalized spacial score (nSPS) is 21.5. The number of amides is 3. The molecule has 0 aliphatic carbocycles. The number of aromatic amines is 1. The van der Waals surface area contributed by atoms with Crippen LogP contribution in [0.3, 0.4) is 0 Å². The highest BCUT2D eigenvalue weighted by Gasteiger charge is 2.28. The number of H-pyrrole nitrogens is 1. The van der Waals surface area contributed by atoms with Gasteiger partial charge in [-0.25, -0.2) is 9.69 Å². The quantitative estimate of drug-likeness (QED) is 0.538. The molecule has 2 aliphatic heterocycles.